The number of carboxylic acid groups (broad SMARTS) is 1. The molecule has 6 heteroatoms. The molecule has 0 aliphatic carbocycles. The lowest BCUT2D eigenvalue weighted by Crippen LogP contribution is -2.30. The smallest absolute Gasteiger partial charge is 0.322 e. The van der Waals surface area contributed by atoms with Crippen molar-refractivity contribution in [3.63, 3.8) is 0 Å². The van der Waals surface area contributed by atoms with E-state index >= 15 is 0 Å². The third kappa shape index (κ3) is 3.30. The summed E-state index contributed by atoms with van der Waals surface area (Å²) in [7, 11) is 0. The number of nitrogens with zero attached hydrogens (tertiary/aromatic N) is 3. The van der Waals surface area contributed by atoms with Crippen molar-refractivity contribution in [3.8, 4) is 0 Å². The highest BCUT2D eigenvalue weighted by atomic mass is 16.4. The quantitative estimate of drug-likeness (QED) is 0.810. The number of carboxylic acids is 1. The van der Waals surface area contributed by atoms with Crippen LogP contribution in [0.1, 0.15) is 19.3 Å². The van der Waals surface area contributed by atoms with Gasteiger partial charge in [-0.15, -0.1) is 0 Å². The largest absolute Gasteiger partial charge is 0.480 e. The van der Waals surface area contributed by atoms with Gasteiger partial charge in [0.1, 0.15) is 18.2 Å². The molecular formula is C11H16N4O2. The van der Waals surface area contributed by atoms with E-state index in [1.807, 2.05) is 0 Å². The minimum absolute atomic E-state index is 0.141. The van der Waals surface area contributed by atoms with Gasteiger partial charge >= 0.3 is 5.97 Å². The maximum absolute atomic E-state index is 10.4. The molecule has 1 aromatic heterocycles. The summed E-state index contributed by atoms with van der Waals surface area (Å²) in [6, 6.07) is 0. The molecule has 92 valence electrons. The minimum atomic E-state index is -0.910. The highest BCUT2D eigenvalue weighted by Crippen LogP contribution is 2.16. The molecule has 0 unspecified atom stereocenters. The van der Waals surface area contributed by atoms with Crippen molar-refractivity contribution in [2.45, 2.75) is 19.3 Å². The molecule has 2 rings (SSSR count). The van der Waals surface area contributed by atoms with E-state index in [0.717, 1.165) is 18.9 Å². The molecule has 0 radical (unpaired) electrons. The summed E-state index contributed by atoms with van der Waals surface area (Å²) in [5.74, 6) is 0.450. The van der Waals surface area contributed by atoms with Gasteiger partial charge in [0.2, 0.25) is 0 Å². The third-order valence-corrected chi connectivity index (χ3v) is 2.74. The second kappa shape index (κ2) is 5.47. The second-order valence-corrected chi connectivity index (χ2v) is 4.05. The second-order valence-electron chi connectivity index (χ2n) is 4.05. The van der Waals surface area contributed by atoms with E-state index < -0.39 is 5.97 Å². The molecule has 0 amide bonds. The predicted molar refractivity (Wildman–Crippen MR) is 64.2 cm³/mol. The summed E-state index contributed by atoms with van der Waals surface area (Å²) in [5.41, 5.74) is 0. The van der Waals surface area contributed by atoms with E-state index in [9.17, 15) is 4.79 Å². The van der Waals surface area contributed by atoms with Crippen LogP contribution in [0.2, 0.25) is 0 Å². The molecule has 0 atom stereocenters. The highest BCUT2D eigenvalue weighted by molar-refractivity contribution is 5.72. The van der Waals surface area contributed by atoms with Gasteiger partial charge in [-0.1, -0.05) is 0 Å². The topological polar surface area (TPSA) is 78.3 Å². The van der Waals surface area contributed by atoms with E-state index in [0.29, 0.717) is 5.82 Å². The van der Waals surface area contributed by atoms with Gasteiger partial charge in [-0.25, -0.2) is 9.97 Å². The molecular weight excluding hydrogens is 220 g/mol. The summed E-state index contributed by atoms with van der Waals surface area (Å²) >= 11 is 0. The van der Waals surface area contributed by atoms with Gasteiger partial charge in [0, 0.05) is 13.1 Å². The zero-order valence-corrected chi connectivity index (χ0v) is 9.59. The van der Waals surface area contributed by atoms with Crippen molar-refractivity contribution < 1.29 is 9.90 Å². The Bertz CT molecular complexity index is 374. The average molecular weight is 236 g/mol. The number of hydrogen-bond acceptors (Lipinski definition) is 5. The van der Waals surface area contributed by atoms with Gasteiger partial charge in [-0.2, -0.15) is 0 Å². The van der Waals surface area contributed by atoms with E-state index in [-0.39, 0.29) is 6.54 Å². The molecule has 1 aliphatic heterocycles. The van der Waals surface area contributed by atoms with Crippen molar-refractivity contribution in [1.29, 1.82) is 0 Å². The lowest BCUT2D eigenvalue weighted by molar-refractivity contribution is -0.134. The van der Waals surface area contributed by atoms with Gasteiger partial charge in [0.05, 0.1) is 12.4 Å². The number of rotatable bonds is 4. The minimum Gasteiger partial charge on any atom is -0.480 e. The van der Waals surface area contributed by atoms with Crippen molar-refractivity contribution in [1.82, 2.24) is 9.97 Å². The molecule has 1 aromatic rings. The standard InChI is InChI=1S/C11H16N4O2/c16-11(17)8-13-9-6-14-10(7-12-9)15-4-2-1-3-5-15/h6-7H,1-5,8H2,(H,12,13)(H,16,17). The fourth-order valence-electron chi connectivity index (χ4n) is 1.86. The van der Waals surface area contributed by atoms with Crippen LogP contribution in [0.15, 0.2) is 12.4 Å². The fourth-order valence-corrected chi connectivity index (χ4v) is 1.86. The van der Waals surface area contributed by atoms with Crippen LogP contribution in [0.5, 0.6) is 0 Å². The number of aliphatic carboxylic acids is 1. The number of piperidine rings is 1. The lowest BCUT2D eigenvalue weighted by atomic mass is 10.1. The van der Waals surface area contributed by atoms with Crippen LogP contribution in [0, 0.1) is 0 Å². The van der Waals surface area contributed by atoms with Crippen LogP contribution in [0.3, 0.4) is 0 Å². The normalized spacial score (nSPS) is 15.6. The summed E-state index contributed by atoms with van der Waals surface area (Å²) in [5, 5.41) is 11.2. The fraction of sp³-hybridized carbons (Fsp3) is 0.545. The summed E-state index contributed by atoms with van der Waals surface area (Å²) in [4.78, 5) is 21.0. The number of carbonyl (C=O) groups is 1. The monoisotopic (exact) mass is 236 g/mol. The Kier molecular flexibility index (Phi) is 3.74. The first kappa shape index (κ1) is 11.6. The van der Waals surface area contributed by atoms with Crippen molar-refractivity contribution in [3.05, 3.63) is 12.4 Å². The van der Waals surface area contributed by atoms with Crippen LogP contribution in [0.25, 0.3) is 0 Å². The van der Waals surface area contributed by atoms with Gasteiger partial charge in [-0.05, 0) is 19.3 Å². The molecule has 1 aliphatic rings. The summed E-state index contributed by atoms with van der Waals surface area (Å²) < 4.78 is 0. The number of nitrogens with one attached hydrogen (secondary N) is 1. The molecule has 0 aromatic carbocycles. The summed E-state index contributed by atoms with van der Waals surface area (Å²) in [6.07, 6.45) is 6.94. The molecule has 0 spiro atoms. The van der Waals surface area contributed by atoms with Crippen molar-refractivity contribution in [2.24, 2.45) is 0 Å². The Morgan fingerprint density at radius 1 is 1.29 bits per heavy atom. The number of anilines is 2. The van der Waals surface area contributed by atoms with Gasteiger partial charge in [-0.3, -0.25) is 4.79 Å². The van der Waals surface area contributed by atoms with E-state index in [1.54, 1.807) is 12.4 Å². The molecule has 0 bridgehead atoms. The lowest BCUT2D eigenvalue weighted by Gasteiger charge is -2.27. The average Bonchev–Trinajstić information content (AvgIpc) is 2.38. The van der Waals surface area contributed by atoms with Crippen LogP contribution < -0.4 is 10.2 Å². The third-order valence-electron chi connectivity index (χ3n) is 2.74. The van der Waals surface area contributed by atoms with Gasteiger partial charge in [0.15, 0.2) is 0 Å². The van der Waals surface area contributed by atoms with Crippen LogP contribution >= 0.6 is 0 Å². The number of hydrogen-bond donors (Lipinski definition) is 2. The predicted octanol–water partition coefficient (Wildman–Crippen LogP) is 0.963. The Morgan fingerprint density at radius 2 is 2.06 bits per heavy atom. The zero-order chi connectivity index (χ0) is 12.1. The molecule has 17 heavy (non-hydrogen) atoms. The Morgan fingerprint density at radius 3 is 2.65 bits per heavy atom. The van der Waals surface area contributed by atoms with E-state index in [1.165, 1.54) is 19.3 Å². The molecule has 2 N–H and O–H groups in total. The first-order valence-corrected chi connectivity index (χ1v) is 5.78. The first-order valence-electron chi connectivity index (χ1n) is 5.78. The summed E-state index contributed by atoms with van der Waals surface area (Å²) in [6.45, 7) is 1.91. The van der Waals surface area contributed by atoms with Crippen molar-refractivity contribution >= 4 is 17.6 Å². The maximum atomic E-state index is 10.4. The van der Waals surface area contributed by atoms with Crippen LogP contribution in [-0.4, -0.2) is 40.7 Å². The number of aromatic nitrogens is 2. The van der Waals surface area contributed by atoms with Crippen molar-refractivity contribution in [2.75, 3.05) is 29.9 Å². The maximum Gasteiger partial charge on any atom is 0.322 e. The molecule has 6 nitrogen and oxygen atoms in total. The molecule has 0 saturated carbocycles. The molecule has 2 heterocycles. The van der Waals surface area contributed by atoms with E-state index in [2.05, 4.69) is 20.2 Å². The Hall–Kier alpha value is -1.85. The molecule has 1 fully saturated rings. The zero-order valence-electron chi connectivity index (χ0n) is 9.59. The first-order chi connectivity index (χ1) is 8.25. The van der Waals surface area contributed by atoms with Crippen LogP contribution in [-0.2, 0) is 4.79 Å². The van der Waals surface area contributed by atoms with Gasteiger partial charge in [0.25, 0.3) is 0 Å². The SMILES string of the molecule is O=C(O)CNc1cnc(N2CCCCC2)cn1. The Labute approximate surface area is 99.7 Å². The Balaban J connectivity index is 1.94. The van der Waals surface area contributed by atoms with Crippen LogP contribution in [0.4, 0.5) is 11.6 Å². The molecule has 1 saturated heterocycles. The highest BCUT2D eigenvalue weighted by Gasteiger charge is 2.12. The van der Waals surface area contributed by atoms with Gasteiger partial charge < -0.3 is 15.3 Å². The van der Waals surface area contributed by atoms with E-state index in [4.69, 9.17) is 5.11 Å².